The van der Waals surface area contributed by atoms with Crippen molar-refractivity contribution in [2.45, 2.75) is 26.1 Å². The molecule has 3 rings (SSSR count). The topological polar surface area (TPSA) is 101 Å². The molecule has 8 nitrogen and oxygen atoms in total. The number of halogens is 3. The summed E-state index contributed by atoms with van der Waals surface area (Å²) < 4.78 is 39.1. The second kappa shape index (κ2) is 7.36. The maximum absolute atomic E-state index is 12.9. The van der Waals surface area contributed by atoms with Crippen LogP contribution in [0.1, 0.15) is 12.7 Å². The number of aryl methyl sites for hydroxylation is 1. The number of fused-ring (bicyclic) bond motifs is 1. The van der Waals surface area contributed by atoms with E-state index in [9.17, 15) is 8.78 Å². The molecule has 0 bridgehead atoms. The largest absolute Gasteiger partial charge is 0.481 e. The Morgan fingerprint density at radius 2 is 2.08 bits per heavy atom. The average molecular weight is 429 g/mol. The fourth-order valence-electron chi connectivity index (χ4n) is 2.25. The lowest BCUT2D eigenvalue weighted by Gasteiger charge is -2.19. The molecule has 3 aromatic rings. The molecule has 0 saturated carbocycles. The molecule has 0 fully saturated rings. The Kier molecular flexibility index (Phi) is 5.16. The summed E-state index contributed by atoms with van der Waals surface area (Å²) in [5, 5.41) is 4.47. The first-order valence-electron chi connectivity index (χ1n) is 7.51. The van der Waals surface area contributed by atoms with Crippen LogP contribution in [0, 0.1) is 0 Å². The average Bonchev–Trinajstić information content (AvgIpc) is 3.00. The number of aromatic nitrogens is 5. The van der Waals surface area contributed by atoms with Crippen LogP contribution in [0.5, 0.6) is 11.5 Å². The molecule has 0 amide bonds. The monoisotopic (exact) mass is 428 g/mol. The van der Waals surface area contributed by atoms with Crippen molar-refractivity contribution in [2.75, 3.05) is 5.73 Å². The first-order valence-corrected chi connectivity index (χ1v) is 8.31. The summed E-state index contributed by atoms with van der Waals surface area (Å²) in [6, 6.07) is 1.51. The van der Waals surface area contributed by atoms with Gasteiger partial charge in [0, 0.05) is 17.6 Å². The van der Waals surface area contributed by atoms with E-state index in [0.717, 1.165) is 0 Å². The molecule has 0 saturated heterocycles. The van der Waals surface area contributed by atoms with E-state index < -0.39 is 12.5 Å². The van der Waals surface area contributed by atoms with Gasteiger partial charge in [-0.3, -0.25) is 4.68 Å². The van der Waals surface area contributed by atoms with Crippen molar-refractivity contribution < 1.29 is 18.3 Å². The second-order valence-electron chi connectivity index (χ2n) is 5.45. The first-order chi connectivity index (χ1) is 12.4. The van der Waals surface area contributed by atoms with Crippen LogP contribution >= 0.6 is 15.9 Å². The molecule has 138 valence electrons. The number of anilines is 1. The van der Waals surface area contributed by atoms with Gasteiger partial charge in [-0.15, -0.1) is 0 Å². The van der Waals surface area contributed by atoms with Crippen molar-refractivity contribution >= 4 is 32.7 Å². The molecule has 0 aliphatic rings. The summed E-state index contributed by atoms with van der Waals surface area (Å²) in [6.45, 7) is 1.25. The fourth-order valence-corrected chi connectivity index (χ4v) is 2.75. The highest BCUT2D eigenvalue weighted by Crippen LogP contribution is 2.42. The van der Waals surface area contributed by atoms with Gasteiger partial charge in [-0.05, 0) is 22.9 Å². The van der Waals surface area contributed by atoms with Crippen molar-refractivity contribution in [1.82, 2.24) is 24.7 Å². The third-order valence-corrected chi connectivity index (χ3v) is 4.08. The zero-order valence-electron chi connectivity index (χ0n) is 13.9. The zero-order valence-corrected chi connectivity index (χ0v) is 15.4. The molecule has 1 atom stereocenters. The molecule has 26 heavy (non-hydrogen) atoms. The predicted octanol–water partition coefficient (Wildman–Crippen LogP) is 2.71. The molecule has 11 heteroatoms. The number of rotatable bonds is 6. The Balaban J connectivity index is 2.07. The summed E-state index contributed by atoms with van der Waals surface area (Å²) in [5.74, 6) is 0.789. The minimum atomic E-state index is -2.67. The van der Waals surface area contributed by atoms with E-state index >= 15 is 0 Å². The van der Waals surface area contributed by atoms with E-state index in [4.69, 9.17) is 15.2 Å². The third-order valence-electron chi connectivity index (χ3n) is 3.47. The standard InChI is InChI=1S/C15H15BrF2N6O2/c1-7(14(17)18)26-9-3-8(16)12-11(15(19)21-5-20-12)13(9)25-4-10-22-6-24(2)23-10/h3,5-7,14H,4H2,1-2H3,(H2,19,20,21). The number of nitrogens with zero attached hydrogens (tertiary/aromatic N) is 5. The van der Waals surface area contributed by atoms with Crippen LogP contribution in [0.15, 0.2) is 23.2 Å². The number of hydrogen-bond donors (Lipinski definition) is 1. The van der Waals surface area contributed by atoms with Crippen LogP contribution in [0.2, 0.25) is 0 Å². The van der Waals surface area contributed by atoms with Crippen LogP contribution in [-0.2, 0) is 13.7 Å². The molecule has 1 unspecified atom stereocenters. The first kappa shape index (κ1) is 18.2. The molecule has 2 N–H and O–H groups in total. The summed E-state index contributed by atoms with van der Waals surface area (Å²) in [6.07, 6.45) is -1.19. The van der Waals surface area contributed by atoms with Crippen molar-refractivity contribution in [3.8, 4) is 11.5 Å². The quantitative estimate of drug-likeness (QED) is 0.643. The highest BCUT2D eigenvalue weighted by atomic mass is 79.9. The number of ether oxygens (including phenoxy) is 2. The van der Waals surface area contributed by atoms with Crippen LogP contribution in [0.4, 0.5) is 14.6 Å². The lowest BCUT2D eigenvalue weighted by molar-refractivity contribution is 0.0209. The van der Waals surface area contributed by atoms with Crippen molar-refractivity contribution in [2.24, 2.45) is 7.05 Å². The highest BCUT2D eigenvalue weighted by molar-refractivity contribution is 9.10. The number of hydrogen-bond acceptors (Lipinski definition) is 7. The van der Waals surface area contributed by atoms with E-state index in [2.05, 4.69) is 36.0 Å². The number of benzene rings is 1. The van der Waals surface area contributed by atoms with Crippen molar-refractivity contribution in [3.63, 3.8) is 0 Å². The van der Waals surface area contributed by atoms with Crippen molar-refractivity contribution in [1.29, 1.82) is 0 Å². The molecular formula is C15H15BrF2N6O2. The second-order valence-corrected chi connectivity index (χ2v) is 6.30. The zero-order chi connectivity index (χ0) is 18.8. The summed E-state index contributed by atoms with van der Waals surface area (Å²) >= 11 is 3.35. The SMILES string of the molecule is CC(Oc1cc(Br)c2ncnc(N)c2c1OCc1ncn(C)n1)C(F)F. The van der Waals surface area contributed by atoms with Crippen LogP contribution in [0.3, 0.4) is 0 Å². The Morgan fingerprint density at radius 3 is 2.73 bits per heavy atom. The molecular weight excluding hydrogens is 414 g/mol. The van der Waals surface area contributed by atoms with Crippen molar-refractivity contribution in [3.05, 3.63) is 29.0 Å². The molecule has 2 aromatic heterocycles. The van der Waals surface area contributed by atoms with E-state index in [-0.39, 0.29) is 23.9 Å². The fraction of sp³-hybridized carbons (Fsp3) is 0.333. The Hall–Kier alpha value is -2.56. The molecule has 0 spiro atoms. The highest BCUT2D eigenvalue weighted by Gasteiger charge is 2.23. The van der Waals surface area contributed by atoms with E-state index in [1.165, 1.54) is 30.3 Å². The van der Waals surface area contributed by atoms with Gasteiger partial charge < -0.3 is 15.2 Å². The van der Waals surface area contributed by atoms with Crippen LogP contribution in [-0.4, -0.2) is 37.3 Å². The number of nitrogen functional groups attached to an aromatic ring is 1. The minimum Gasteiger partial charge on any atom is -0.481 e. The maximum atomic E-state index is 12.9. The lowest BCUT2D eigenvalue weighted by atomic mass is 10.2. The number of nitrogens with two attached hydrogens (primary N) is 1. The van der Waals surface area contributed by atoms with E-state index in [1.807, 2.05) is 0 Å². The molecule has 1 aromatic carbocycles. The number of alkyl halides is 2. The molecule has 2 heterocycles. The van der Waals surface area contributed by atoms with Gasteiger partial charge in [0.15, 0.2) is 23.4 Å². The maximum Gasteiger partial charge on any atom is 0.274 e. The third kappa shape index (κ3) is 3.66. The van der Waals surface area contributed by atoms with Gasteiger partial charge in [-0.1, -0.05) is 0 Å². The van der Waals surface area contributed by atoms with Crippen LogP contribution in [0.25, 0.3) is 10.9 Å². The van der Waals surface area contributed by atoms with Gasteiger partial charge in [0.25, 0.3) is 6.43 Å². The lowest BCUT2D eigenvalue weighted by Crippen LogP contribution is -2.21. The van der Waals surface area contributed by atoms with E-state index in [0.29, 0.717) is 21.2 Å². The van der Waals surface area contributed by atoms with Gasteiger partial charge in [-0.25, -0.2) is 23.7 Å². The molecule has 0 radical (unpaired) electrons. The van der Waals surface area contributed by atoms with Gasteiger partial charge >= 0.3 is 0 Å². The Labute approximate surface area is 155 Å². The van der Waals surface area contributed by atoms with Gasteiger partial charge in [-0.2, -0.15) is 5.10 Å². The predicted molar refractivity (Wildman–Crippen MR) is 93.1 cm³/mol. The van der Waals surface area contributed by atoms with Gasteiger partial charge in [0.1, 0.15) is 25.1 Å². The van der Waals surface area contributed by atoms with Crippen LogP contribution < -0.4 is 15.2 Å². The Bertz CT molecular complexity index is 936. The minimum absolute atomic E-state index is 0.00860. The van der Waals surface area contributed by atoms with E-state index in [1.54, 1.807) is 7.05 Å². The van der Waals surface area contributed by atoms with Gasteiger partial charge in [0.2, 0.25) is 0 Å². The summed E-state index contributed by atoms with van der Waals surface area (Å²) in [7, 11) is 1.72. The van der Waals surface area contributed by atoms with Gasteiger partial charge in [0.05, 0.1) is 10.9 Å². The Morgan fingerprint density at radius 1 is 1.31 bits per heavy atom. The summed E-state index contributed by atoms with van der Waals surface area (Å²) in [4.78, 5) is 12.2. The smallest absolute Gasteiger partial charge is 0.274 e. The summed E-state index contributed by atoms with van der Waals surface area (Å²) in [5.41, 5.74) is 6.44. The molecule has 0 aliphatic heterocycles. The normalized spacial score (nSPS) is 12.5. The molecule has 0 aliphatic carbocycles.